The summed E-state index contributed by atoms with van der Waals surface area (Å²) in [5.41, 5.74) is 0. The first-order valence-electron chi connectivity index (χ1n) is 5.21. The molecule has 0 aromatic carbocycles. The molecule has 0 radical (unpaired) electrons. The van der Waals surface area contributed by atoms with Crippen molar-refractivity contribution in [2.45, 2.75) is 32.4 Å². The van der Waals surface area contributed by atoms with Crippen LogP contribution in [0, 0.1) is 0 Å². The fourth-order valence-electron chi connectivity index (χ4n) is 1.78. The Kier molecular flexibility index (Phi) is 4.08. The molecule has 1 aliphatic heterocycles. The molecule has 5 nitrogen and oxygen atoms in total. The monoisotopic (exact) mass is 214 g/mol. The highest BCUT2D eigenvalue weighted by atomic mass is 16.5. The van der Waals surface area contributed by atoms with E-state index in [1.165, 1.54) is 0 Å². The zero-order valence-corrected chi connectivity index (χ0v) is 9.45. The van der Waals surface area contributed by atoms with Gasteiger partial charge in [0, 0.05) is 13.7 Å². The number of carbonyl (C=O) groups excluding carboxylic acids is 2. The van der Waals surface area contributed by atoms with Gasteiger partial charge in [-0.1, -0.05) is 6.92 Å². The van der Waals surface area contributed by atoms with Gasteiger partial charge in [0.2, 0.25) is 11.8 Å². The average Bonchev–Trinajstić information content (AvgIpc) is 2.21. The molecular formula is C10H18N2O3. The summed E-state index contributed by atoms with van der Waals surface area (Å²) >= 11 is 0. The summed E-state index contributed by atoms with van der Waals surface area (Å²) in [6.45, 7) is 4.53. The molecule has 15 heavy (non-hydrogen) atoms. The summed E-state index contributed by atoms with van der Waals surface area (Å²) < 4.78 is 4.93. The fourth-order valence-corrected chi connectivity index (χ4v) is 1.78. The zero-order valence-electron chi connectivity index (χ0n) is 9.45. The molecule has 1 rings (SSSR count). The maximum atomic E-state index is 11.8. The minimum Gasteiger partial charge on any atom is -0.383 e. The molecule has 0 aromatic rings. The van der Waals surface area contributed by atoms with Crippen LogP contribution in [0.2, 0.25) is 0 Å². The minimum absolute atomic E-state index is 0.0292. The molecule has 2 unspecified atom stereocenters. The van der Waals surface area contributed by atoms with E-state index < -0.39 is 6.04 Å². The van der Waals surface area contributed by atoms with Gasteiger partial charge in [-0.3, -0.25) is 9.59 Å². The Morgan fingerprint density at radius 2 is 2.13 bits per heavy atom. The molecule has 0 spiro atoms. The van der Waals surface area contributed by atoms with Crippen LogP contribution in [0.3, 0.4) is 0 Å². The first-order chi connectivity index (χ1) is 7.11. The first-order valence-corrected chi connectivity index (χ1v) is 5.21. The van der Waals surface area contributed by atoms with Crippen LogP contribution in [-0.2, 0) is 14.3 Å². The van der Waals surface area contributed by atoms with Gasteiger partial charge >= 0.3 is 0 Å². The van der Waals surface area contributed by atoms with Gasteiger partial charge in [-0.05, 0) is 13.3 Å². The highest BCUT2D eigenvalue weighted by molar-refractivity contribution is 5.96. The number of carbonyl (C=O) groups is 2. The summed E-state index contributed by atoms with van der Waals surface area (Å²) in [5.74, 6) is -0.0980. The van der Waals surface area contributed by atoms with E-state index in [-0.39, 0.29) is 17.9 Å². The topological polar surface area (TPSA) is 58.6 Å². The minimum atomic E-state index is -0.419. The Balaban J connectivity index is 2.74. The quantitative estimate of drug-likeness (QED) is 0.702. The number of ether oxygens (including phenoxy) is 1. The number of nitrogens with zero attached hydrogens (tertiary/aromatic N) is 1. The summed E-state index contributed by atoms with van der Waals surface area (Å²) in [5, 5.41) is 2.67. The van der Waals surface area contributed by atoms with Crippen LogP contribution in [0.1, 0.15) is 20.3 Å². The molecule has 86 valence electrons. The van der Waals surface area contributed by atoms with Crippen LogP contribution >= 0.6 is 0 Å². The smallest absolute Gasteiger partial charge is 0.245 e. The molecule has 1 N–H and O–H groups in total. The van der Waals surface area contributed by atoms with E-state index in [1.807, 2.05) is 6.92 Å². The summed E-state index contributed by atoms with van der Waals surface area (Å²) in [7, 11) is 1.58. The predicted molar refractivity (Wildman–Crippen MR) is 55.3 cm³/mol. The van der Waals surface area contributed by atoms with Crippen LogP contribution in [0.25, 0.3) is 0 Å². The van der Waals surface area contributed by atoms with E-state index >= 15 is 0 Å². The lowest BCUT2D eigenvalue weighted by molar-refractivity contribution is -0.149. The first kappa shape index (κ1) is 12.0. The summed E-state index contributed by atoms with van der Waals surface area (Å²) in [6.07, 6.45) is 0.633. The third-order valence-corrected chi connectivity index (χ3v) is 2.61. The second kappa shape index (κ2) is 5.11. The van der Waals surface area contributed by atoms with Crippen molar-refractivity contribution >= 4 is 11.8 Å². The zero-order chi connectivity index (χ0) is 11.4. The largest absolute Gasteiger partial charge is 0.383 e. The predicted octanol–water partition coefficient (Wildman–Crippen LogP) is -0.242. The third kappa shape index (κ3) is 2.47. The van der Waals surface area contributed by atoms with E-state index in [9.17, 15) is 9.59 Å². The summed E-state index contributed by atoms with van der Waals surface area (Å²) in [6, 6.07) is -0.763. The average molecular weight is 214 g/mol. The molecule has 0 aromatic heterocycles. The second-order valence-corrected chi connectivity index (χ2v) is 3.68. The maximum absolute atomic E-state index is 11.8. The van der Waals surface area contributed by atoms with Crippen molar-refractivity contribution in [1.29, 1.82) is 0 Å². The van der Waals surface area contributed by atoms with Gasteiger partial charge in [0.05, 0.1) is 6.61 Å². The molecule has 0 bridgehead atoms. The Bertz CT molecular complexity index is 255. The highest BCUT2D eigenvalue weighted by Gasteiger charge is 2.36. The van der Waals surface area contributed by atoms with Crippen molar-refractivity contribution in [3.05, 3.63) is 0 Å². The van der Waals surface area contributed by atoms with Gasteiger partial charge in [0.1, 0.15) is 12.1 Å². The van der Waals surface area contributed by atoms with Crippen molar-refractivity contribution in [3.63, 3.8) is 0 Å². The highest BCUT2D eigenvalue weighted by Crippen LogP contribution is 2.12. The third-order valence-electron chi connectivity index (χ3n) is 2.61. The van der Waals surface area contributed by atoms with E-state index in [4.69, 9.17) is 4.74 Å². The van der Waals surface area contributed by atoms with Crippen LogP contribution in [0.15, 0.2) is 0 Å². The maximum Gasteiger partial charge on any atom is 0.245 e. The van der Waals surface area contributed by atoms with Gasteiger partial charge < -0.3 is 15.0 Å². The number of amides is 2. The van der Waals surface area contributed by atoms with Gasteiger partial charge in [-0.15, -0.1) is 0 Å². The Morgan fingerprint density at radius 1 is 1.47 bits per heavy atom. The Labute approximate surface area is 89.8 Å². The van der Waals surface area contributed by atoms with Crippen LogP contribution in [0.5, 0.6) is 0 Å². The Morgan fingerprint density at radius 3 is 2.67 bits per heavy atom. The van der Waals surface area contributed by atoms with Crippen LogP contribution in [-0.4, -0.2) is 49.1 Å². The van der Waals surface area contributed by atoms with Gasteiger partial charge in [0.25, 0.3) is 0 Å². The van der Waals surface area contributed by atoms with Crippen molar-refractivity contribution in [2.75, 3.05) is 20.3 Å². The molecular weight excluding hydrogens is 196 g/mol. The van der Waals surface area contributed by atoms with Gasteiger partial charge in [-0.2, -0.15) is 0 Å². The van der Waals surface area contributed by atoms with Crippen molar-refractivity contribution in [3.8, 4) is 0 Å². The normalized spacial score (nSPS) is 26.7. The lowest BCUT2D eigenvalue weighted by Crippen LogP contribution is -2.62. The van der Waals surface area contributed by atoms with Crippen molar-refractivity contribution in [2.24, 2.45) is 0 Å². The molecule has 5 heteroatoms. The number of piperazine rings is 1. The second-order valence-electron chi connectivity index (χ2n) is 3.68. The fraction of sp³-hybridized carbons (Fsp3) is 0.800. The standard InChI is InChI=1S/C10H18N2O3/c1-4-8-9(13)11-7(2)10(14)12(8)5-6-15-3/h7-8H,4-6H2,1-3H3,(H,11,13). The molecule has 2 amide bonds. The van der Waals surface area contributed by atoms with Crippen LogP contribution in [0.4, 0.5) is 0 Å². The number of hydrogen-bond acceptors (Lipinski definition) is 3. The molecule has 0 aliphatic carbocycles. The molecule has 0 saturated carbocycles. The lowest BCUT2D eigenvalue weighted by Gasteiger charge is -2.37. The van der Waals surface area contributed by atoms with Crippen molar-refractivity contribution in [1.82, 2.24) is 10.2 Å². The Hall–Kier alpha value is -1.10. The van der Waals surface area contributed by atoms with Crippen LogP contribution < -0.4 is 5.32 Å². The lowest BCUT2D eigenvalue weighted by atomic mass is 10.1. The summed E-state index contributed by atoms with van der Waals surface area (Å²) in [4.78, 5) is 25.0. The molecule has 2 atom stereocenters. The van der Waals surface area contributed by atoms with E-state index in [0.29, 0.717) is 19.6 Å². The SMILES string of the molecule is CCC1C(=O)NC(C)C(=O)N1CCOC. The van der Waals surface area contributed by atoms with Gasteiger partial charge in [0.15, 0.2) is 0 Å². The number of nitrogens with one attached hydrogen (secondary N) is 1. The number of hydrogen-bond donors (Lipinski definition) is 1. The van der Waals surface area contributed by atoms with E-state index in [2.05, 4.69) is 5.32 Å². The molecule has 1 aliphatic rings. The van der Waals surface area contributed by atoms with Gasteiger partial charge in [-0.25, -0.2) is 0 Å². The molecule has 1 fully saturated rings. The van der Waals surface area contributed by atoms with E-state index in [0.717, 1.165) is 0 Å². The number of methoxy groups -OCH3 is 1. The van der Waals surface area contributed by atoms with E-state index in [1.54, 1.807) is 18.9 Å². The molecule has 1 saturated heterocycles. The molecule has 1 heterocycles. The van der Waals surface area contributed by atoms with Crippen molar-refractivity contribution < 1.29 is 14.3 Å². The number of rotatable bonds is 4.